The van der Waals surface area contributed by atoms with E-state index in [4.69, 9.17) is 16.0 Å². The van der Waals surface area contributed by atoms with Gasteiger partial charge in [-0.1, -0.05) is 11.6 Å². The van der Waals surface area contributed by atoms with Crippen LogP contribution in [0, 0.1) is 5.82 Å². The normalized spacial score (nSPS) is 14.7. The Morgan fingerprint density at radius 2 is 1.85 bits per heavy atom. The first-order valence-corrected chi connectivity index (χ1v) is 11.3. The standard InChI is InChI=1S/C23H23ClFN7O2/c1-23(2,3)32-13-26-19(29-32)15-5-4-14(12-16(15)25)21(33)30-8-10-31(11-9-30)22-28-20-17(34-22)6-7-18(24)27-20/h4-7,12-13H,8-11H2,1-3H3. The summed E-state index contributed by atoms with van der Waals surface area (Å²) in [7, 11) is 0. The number of carbonyl (C=O) groups is 1. The van der Waals surface area contributed by atoms with Gasteiger partial charge in [0.1, 0.15) is 17.3 Å². The predicted molar refractivity (Wildman–Crippen MR) is 125 cm³/mol. The molecule has 0 atom stereocenters. The Bertz CT molecular complexity index is 1370. The summed E-state index contributed by atoms with van der Waals surface area (Å²) in [5, 5.41) is 4.72. The molecule has 1 saturated heterocycles. The molecule has 5 rings (SSSR count). The van der Waals surface area contributed by atoms with E-state index in [1.807, 2.05) is 25.7 Å². The molecule has 0 N–H and O–H groups in total. The minimum Gasteiger partial charge on any atom is -0.422 e. The van der Waals surface area contributed by atoms with Crippen molar-refractivity contribution < 1.29 is 13.6 Å². The highest BCUT2D eigenvalue weighted by molar-refractivity contribution is 6.29. The maximum atomic E-state index is 14.9. The second-order valence-electron chi connectivity index (χ2n) is 9.11. The molecule has 0 unspecified atom stereocenters. The minimum atomic E-state index is -0.534. The zero-order valence-electron chi connectivity index (χ0n) is 19.0. The Morgan fingerprint density at radius 1 is 1.09 bits per heavy atom. The van der Waals surface area contributed by atoms with Crippen LogP contribution >= 0.6 is 11.6 Å². The summed E-state index contributed by atoms with van der Waals surface area (Å²) >= 11 is 5.92. The van der Waals surface area contributed by atoms with E-state index in [1.54, 1.807) is 40.2 Å². The van der Waals surface area contributed by atoms with Gasteiger partial charge >= 0.3 is 0 Å². The van der Waals surface area contributed by atoms with E-state index in [9.17, 15) is 9.18 Å². The van der Waals surface area contributed by atoms with Crippen LogP contribution in [0.4, 0.5) is 10.4 Å². The van der Waals surface area contributed by atoms with Gasteiger partial charge in [0.25, 0.3) is 11.9 Å². The Balaban J connectivity index is 1.27. The van der Waals surface area contributed by atoms with Gasteiger partial charge in [-0.25, -0.2) is 19.0 Å². The minimum absolute atomic E-state index is 0.232. The van der Waals surface area contributed by atoms with E-state index in [0.717, 1.165) is 0 Å². The molecule has 1 aromatic carbocycles. The largest absolute Gasteiger partial charge is 0.422 e. The Labute approximate surface area is 200 Å². The number of benzene rings is 1. The average molecular weight is 484 g/mol. The zero-order valence-corrected chi connectivity index (χ0v) is 19.8. The number of amides is 1. The van der Waals surface area contributed by atoms with Crippen LogP contribution in [0.1, 0.15) is 31.1 Å². The number of carbonyl (C=O) groups excluding carboxylic acids is 1. The number of piperazine rings is 1. The quantitative estimate of drug-likeness (QED) is 0.407. The number of oxazole rings is 1. The van der Waals surface area contributed by atoms with Gasteiger partial charge in [-0.3, -0.25) is 4.79 Å². The first-order valence-electron chi connectivity index (χ1n) is 10.9. The van der Waals surface area contributed by atoms with E-state index in [-0.39, 0.29) is 28.4 Å². The molecule has 0 saturated carbocycles. The molecule has 1 aliphatic rings. The maximum absolute atomic E-state index is 14.9. The molecule has 4 aromatic rings. The molecule has 1 aliphatic heterocycles. The summed E-state index contributed by atoms with van der Waals surface area (Å²) in [5.74, 6) is -0.479. The molecule has 0 spiro atoms. The van der Waals surface area contributed by atoms with Crippen molar-refractivity contribution in [2.24, 2.45) is 0 Å². The zero-order chi connectivity index (χ0) is 24.0. The number of nitrogens with zero attached hydrogens (tertiary/aromatic N) is 7. The number of fused-ring (bicyclic) bond motifs is 1. The van der Waals surface area contributed by atoms with Gasteiger partial charge in [-0.15, -0.1) is 0 Å². The fourth-order valence-corrected chi connectivity index (χ4v) is 3.88. The third-order valence-corrected chi connectivity index (χ3v) is 5.89. The number of rotatable bonds is 3. The van der Waals surface area contributed by atoms with Crippen LogP contribution in [0.3, 0.4) is 0 Å². The second-order valence-corrected chi connectivity index (χ2v) is 9.50. The van der Waals surface area contributed by atoms with Gasteiger partial charge < -0.3 is 14.2 Å². The van der Waals surface area contributed by atoms with Crippen LogP contribution in [-0.2, 0) is 5.54 Å². The summed E-state index contributed by atoms with van der Waals surface area (Å²) in [6.45, 7) is 7.92. The van der Waals surface area contributed by atoms with Crippen LogP contribution in [0.15, 0.2) is 41.1 Å². The monoisotopic (exact) mass is 483 g/mol. The van der Waals surface area contributed by atoms with Gasteiger partial charge in [-0.2, -0.15) is 10.1 Å². The van der Waals surface area contributed by atoms with Crippen LogP contribution in [0.2, 0.25) is 5.15 Å². The molecule has 34 heavy (non-hydrogen) atoms. The lowest BCUT2D eigenvalue weighted by molar-refractivity contribution is 0.0744. The SMILES string of the molecule is CC(C)(C)n1cnc(-c2ccc(C(=O)N3CCN(c4nc5nc(Cl)ccc5o4)CC3)cc2F)n1. The lowest BCUT2D eigenvalue weighted by Gasteiger charge is -2.33. The number of anilines is 1. The molecule has 0 aliphatic carbocycles. The smallest absolute Gasteiger partial charge is 0.300 e. The van der Waals surface area contributed by atoms with Crippen LogP contribution in [0.25, 0.3) is 22.6 Å². The number of hydrogen-bond donors (Lipinski definition) is 0. The van der Waals surface area contributed by atoms with Crippen molar-refractivity contribution in [3.63, 3.8) is 0 Å². The van der Waals surface area contributed by atoms with E-state index < -0.39 is 5.82 Å². The Morgan fingerprint density at radius 3 is 2.53 bits per heavy atom. The van der Waals surface area contributed by atoms with Crippen molar-refractivity contribution in [2.75, 3.05) is 31.1 Å². The van der Waals surface area contributed by atoms with Crippen molar-refractivity contribution in [1.29, 1.82) is 0 Å². The third-order valence-electron chi connectivity index (χ3n) is 5.68. The summed E-state index contributed by atoms with van der Waals surface area (Å²) in [6.07, 6.45) is 1.58. The Kier molecular flexibility index (Phi) is 5.47. The number of hydrogen-bond acceptors (Lipinski definition) is 7. The van der Waals surface area contributed by atoms with Crippen LogP contribution in [-0.4, -0.2) is 61.7 Å². The second kappa shape index (κ2) is 8.35. The average Bonchev–Trinajstić information content (AvgIpc) is 3.46. The summed E-state index contributed by atoms with van der Waals surface area (Å²) in [6, 6.07) is 8.22. The maximum Gasteiger partial charge on any atom is 0.300 e. The van der Waals surface area contributed by atoms with Gasteiger partial charge in [0.05, 0.1) is 11.1 Å². The lowest BCUT2D eigenvalue weighted by Crippen LogP contribution is -2.49. The molecule has 4 heterocycles. The number of halogens is 2. The van der Waals surface area contributed by atoms with E-state index in [1.165, 1.54) is 6.07 Å². The first-order chi connectivity index (χ1) is 16.2. The van der Waals surface area contributed by atoms with Crippen molar-refractivity contribution in [1.82, 2.24) is 29.6 Å². The molecule has 3 aromatic heterocycles. The molecule has 176 valence electrons. The molecule has 1 fully saturated rings. The molecule has 0 radical (unpaired) electrons. The van der Waals surface area contributed by atoms with Crippen LogP contribution in [0.5, 0.6) is 0 Å². The predicted octanol–water partition coefficient (Wildman–Crippen LogP) is 3.99. The first kappa shape index (κ1) is 22.3. The van der Waals surface area contributed by atoms with Gasteiger partial charge in [-0.05, 0) is 51.1 Å². The van der Waals surface area contributed by atoms with Crippen molar-refractivity contribution in [3.05, 3.63) is 53.2 Å². The van der Waals surface area contributed by atoms with Gasteiger partial charge in [0.2, 0.25) is 5.65 Å². The fraction of sp³-hybridized carbons (Fsp3) is 0.348. The highest BCUT2D eigenvalue weighted by Gasteiger charge is 2.26. The van der Waals surface area contributed by atoms with E-state index in [2.05, 4.69) is 20.1 Å². The third kappa shape index (κ3) is 4.21. The molecule has 11 heteroatoms. The van der Waals surface area contributed by atoms with Crippen molar-refractivity contribution in [3.8, 4) is 11.4 Å². The van der Waals surface area contributed by atoms with Crippen molar-refractivity contribution >= 4 is 34.8 Å². The summed E-state index contributed by atoms with van der Waals surface area (Å²) in [5.41, 5.74) is 1.27. The summed E-state index contributed by atoms with van der Waals surface area (Å²) in [4.78, 5) is 29.4. The molecular formula is C23H23ClFN7O2. The molecular weight excluding hydrogens is 461 g/mol. The number of aromatic nitrogens is 5. The molecule has 9 nitrogen and oxygen atoms in total. The fourth-order valence-electron chi connectivity index (χ4n) is 3.74. The molecule has 1 amide bonds. The Hall–Kier alpha value is -3.53. The lowest BCUT2D eigenvalue weighted by atomic mass is 10.1. The number of pyridine rings is 1. The highest BCUT2D eigenvalue weighted by atomic mass is 35.5. The van der Waals surface area contributed by atoms with Gasteiger partial charge in [0.15, 0.2) is 11.4 Å². The van der Waals surface area contributed by atoms with E-state index >= 15 is 0 Å². The topological polar surface area (TPSA) is 93.2 Å². The molecule has 0 bridgehead atoms. The van der Waals surface area contributed by atoms with Crippen LogP contribution < -0.4 is 4.90 Å². The van der Waals surface area contributed by atoms with Crippen molar-refractivity contribution in [2.45, 2.75) is 26.3 Å². The van der Waals surface area contributed by atoms with Gasteiger partial charge in [0, 0.05) is 31.7 Å². The summed E-state index contributed by atoms with van der Waals surface area (Å²) < 4.78 is 22.3. The van der Waals surface area contributed by atoms with E-state index in [0.29, 0.717) is 48.6 Å². The highest BCUT2D eigenvalue weighted by Crippen LogP contribution is 2.25.